The SMILES string of the molecule is CC(=O)N1CS(=O)(=O)CC1C(=O)Nc1ccc2[nH]c(C)cc2c1. The standard InChI is InChI=1S/C15H17N3O4S/c1-9-5-11-6-12(3-4-13(11)16-9)17-15(20)14-7-23(21,22)8-18(14)10(2)19/h3-6,14,16H,7-8H2,1-2H3,(H,17,20). The second kappa shape index (κ2) is 5.38. The largest absolute Gasteiger partial charge is 0.359 e. The number of nitrogens with zero attached hydrogens (tertiary/aromatic N) is 1. The second-order valence-corrected chi connectivity index (χ2v) is 7.87. The molecule has 0 aliphatic carbocycles. The van der Waals surface area contributed by atoms with Crippen molar-refractivity contribution in [3.05, 3.63) is 30.0 Å². The molecule has 23 heavy (non-hydrogen) atoms. The molecule has 1 aromatic carbocycles. The van der Waals surface area contributed by atoms with E-state index in [2.05, 4.69) is 10.3 Å². The van der Waals surface area contributed by atoms with Crippen molar-refractivity contribution in [3.63, 3.8) is 0 Å². The van der Waals surface area contributed by atoms with Crippen molar-refractivity contribution < 1.29 is 18.0 Å². The van der Waals surface area contributed by atoms with Crippen LogP contribution >= 0.6 is 0 Å². The lowest BCUT2D eigenvalue weighted by Gasteiger charge is -2.20. The molecule has 2 heterocycles. The molecule has 8 heteroatoms. The number of aromatic nitrogens is 1. The van der Waals surface area contributed by atoms with Gasteiger partial charge in [0.1, 0.15) is 11.9 Å². The van der Waals surface area contributed by atoms with Crippen LogP contribution in [-0.2, 0) is 19.4 Å². The zero-order valence-electron chi connectivity index (χ0n) is 12.8. The van der Waals surface area contributed by atoms with Gasteiger partial charge in [0, 0.05) is 29.2 Å². The zero-order chi connectivity index (χ0) is 16.8. The van der Waals surface area contributed by atoms with Crippen LogP contribution in [0.2, 0.25) is 0 Å². The monoisotopic (exact) mass is 335 g/mol. The number of hydrogen-bond acceptors (Lipinski definition) is 4. The Bertz CT molecular complexity index is 901. The third-order valence-electron chi connectivity index (χ3n) is 3.85. The van der Waals surface area contributed by atoms with Gasteiger partial charge in [0.25, 0.3) is 0 Å². The third kappa shape index (κ3) is 3.07. The van der Waals surface area contributed by atoms with E-state index in [4.69, 9.17) is 0 Å². The van der Waals surface area contributed by atoms with Crippen molar-refractivity contribution in [3.8, 4) is 0 Å². The van der Waals surface area contributed by atoms with Crippen LogP contribution in [0.3, 0.4) is 0 Å². The maximum Gasteiger partial charge on any atom is 0.248 e. The van der Waals surface area contributed by atoms with Gasteiger partial charge in [-0.05, 0) is 31.2 Å². The summed E-state index contributed by atoms with van der Waals surface area (Å²) in [5.41, 5.74) is 2.52. The Hall–Kier alpha value is -2.35. The second-order valence-electron chi connectivity index (χ2n) is 5.79. The van der Waals surface area contributed by atoms with Crippen molar-refractivity contribution in [2.45, 2.75) is 19.9 Å². The van der Waals surface area contributed by atoms with Gasteiger partial charge in [-0.15, -0.1) is 0 Å². The smallest absolute Gasteiger partial charge is 0.248 e. The molecule has 1 saturated heterocycles. The molecule has 122 valence electrons. The molecule has 0 bridgehead atoms. The predicted octanol–water partition coefficient (Wildman–Crippen LogP) is 1.02. The summed E-state index contributed by atoms with van der Waals surface area (Å²) in [6, 6.07) is 6.34. The van der Waals surface area contributed by atoms with Crippen molar-refractivity contribution >= 4 is 38.2 Å². The van der Waals surface area contributed by atoms with E-state index in [0.29, 0.717) is 5.69 Å². The molecule has 2 aromatic rings. The minimum absolute atomic E-state index is 0.343. The Balaban J connectivity index is 1.83. The number of rotatable bonds is 2. The van der Waals surface area contributed by atoms with Crippen LogP contribution in [-0.4, -0.2) is 47.8 Å². The molecule has 0 radical (unpaired) electrons. The highest BCUT2D eigenvalue weighted by Gasteiger charge is 2.41. The number of sulfone groups is 1. The molecular formula is C15H17N3O4S. The van der Waals surface area contributed by atoms with Gasteiger partial charge >= 0.3 is 0 Å². The van der Waals surface area contributed by atoms with Gasteiger partial charge in [0.2, 0.25) is 11.8 Å². The highest BCUT2D eigenvalue weighted by Crippen LogP contribution is 2.22. The number of carbonyl (C=O) groups is 2. The first-order valence-electron chi connectivity index (χ1n) is 7.13. The lowest BCUT2D eigenvalue weighted by atomic mass is 10.2. The Morgan fingerprint density at radius 3 is 2.74 bits per heavy atom. The Morgan fingerprint density at radius 2 is 2.04 bits per heavy atom. The highest BCUT2D eigenvalue weighted by atomic mass is 32.2. The topological polar surface area (TPSA) is 99.3 Å². The summed E-state index contributed by atoms with van der Waals surface area (Å²) in [4.78, 5) is 28.2. The first-order chi connectivity index (χ1) is 10.7. The van der Waals surface area contributed by atoms with E-state index in [1.807, 2.05) is 19.1 Å². The van der Waals surface area contributed by atoms with Crippen LogP contribution in [0.15, 0.2) is 24.3 Å². The molecule has 0 spiro atoms. The minimum atomic E-state index is -3.42. The van der Waals surface area contributed by atoms with Gasteiger partial charge < -0.3 is 15.2 Å². The van der Waals surface area contributed by atoms with E-state index >= 15 is 0 Å². The summed E-state index contributed by atoms with van der Waals surface area (Å²) < 4.78 is 23.4. The molecule has 2 amide bonds. The van der Waals surface area contributed by atoms with Gasteiger partial charge in [-0.3, -0.25) is 9.59 Å². The molecule has 7 nitrogen and oxygen atoms in total. The van der Waals surface area contributed by atoms with E-state index < -0.39 is 33.6 Å². The molecule has 1 aliphatic rings. The lowest BCUT2D eigenvalue weighted by molar-refractivity contribution is -0.134. The van der Waals surface area contributed by atoms with Gasteiger partial charge in [-0.25, -0.2) is 8.42 Å². The average Bonchev–Trinajstić information content (AvgIpc) is 2.97. The fraction of sp³-hybridized carbons (Fsp3) is 0.333. The summed E-state index contributed by atoms with van der Waals surface area (Å²) in [7, 11) is -3.42. The number of carbonyl (C=O) groups excluding carboxylic acids is 2. The first-order valence-corrected chi connectivity index (χ1v) is 8.95. The van der Waals surface area contributed by atoms with E-state index in [1.165, 1.54) is 6.92 Å². The average molecular weight is 335 g/mol. The normalized spacial score (nSPS) is 19.9. The van der Waals surface area contributed by atoms with Crippen molar-refractivity contribution in [2.24, 2.45) is 0 Å². The van der Waals surface area contributed by atoms with Gasteiger partial charge in [0.15, 0.2) is 9.84 Å². The van der Waals surface area contributed by atoms with Crippen molar-refractivity contribution in [2.75, 3.05) is 16.9 Å². The Labute approximate surface area is 133 Å². The third-order valence-corrected chi connectivity index (χ3v) is 5.35. The van der Waals surface area contributed by atoms with Crippen LogP contribution in [0.4, 0.5) is 5.69 Å². The molecule has 1 aromatic heterocycles. The summed E-state index contributed by atoms with van der Waals surface area (Å²) in [5.74, 6) is -1.67. The molecule has 1 aliphatic heterocycles. The van der Waals surface area contributed by atoms with Crippen molar-refractivity contribution in [1.82, 2.24) is 9.88 Å². The van der Waals surface area contributed by atoms with Crippen LogP contribution in [0.25, 0.3) is 10.9 Å². The molecule has 2 N–H and O–H groups in total. The summed E-state index contributed by atoms with van der Waals surface area (Å²) in [6.45, 7) is 3.20. The number of benzene rings is 1. The van der Waals surface area contributed by atoms with Crippen LogP contribution in [0, 0.1) is 6.92 Å². The lowest BCUT2D eigenvalue weighted by Crippen LogP contribution is -2.43. The maximum absolute atomic E-state index is 12.4. The number of aromatic amines is 1. The number of hydrogen-bond donors (Lipinski definition) is 2. The molecule has 3 rings (SSSR count). The summed E-state index contributed by atoms with van der Waals surface area (Å²) >= 11 is 0. The summed E-state index contributed by atoms with van der Waals surface area (Å²) in [5, 5.41) is 3.64. The molecule has 1 fully saturated rings. The Morgan fingerprint density at radius 1 is 1.30 bits per heavy atom. The highest BCUT2D eigenvalue weighted by molar-refractivity contribution is 7.91. The van der Waals surface area contributed by atoms with Gasteiger partial charge in [0.05, 0.1) is 5.75 Å². The van der Waals surface area contributed by atoms with E-state index in [-0.39, 0.29) is 5.75 Å². The number of nitrogens with one attached hydrogen (secondary N) is 2. The van der Waals surface area contributed by atoms with Gasteiger partial charge in [-0.1, -0.05) is 0 Å². The minimum Gasteiger partial charge on any atom is -0.359 e. The van der Waals surface area contributed by atoms with E-state index in [9.17, 15) is 18.0 Å². The predicted molar refractivity (Wildman–Crippen MR) is 86.6 cm³/mol. The molecule has 1 unspecified atom stereocenters. The van der Waals surface area contributed by atoms with E-state index in [0.717, 1.165) is 21.5 Å². The van der Waals surface area contributed by atoms with Gasteiger partial charge in [-0.2, -0.15) is 0 Å². The van der Waals surface area contributed by atoms with Crippen LogP contribution < -0.4 is 5.32 Å². The Kier molecular flexibility index (Phi) is 3.63. The van der Waals surface area contributed by atoms with Crippen molar-refractivity contribution in [1.29, 1.82) is 0 Å². The van der Waals surface area contributed by atoms with Crippen LogP contribution in [0.5, 0.6) is 0 Å². The fourth-order valence-corrected chi connectivity index (χ4v) is 4.50. The number of anilines is 1. The quantitative estimate of drug-likeness (QED) is 0.856. The number of H-pyrrole nitrogens is 1. The maximum atomic E-state index is 12.4. The van der Waals surface area contributed by atoms with E-state index in [1.54, 1.807) is 12.1 Å². The zero-order valence-corrected chi connectivity index (χ0v) is 13.6. The molecular weight excluding hydrogens is 318 g/mol. The van der Waals surface area contributed by atoms with Crippen LogP contribution in [0.1, 0.15) is 12.6 Å². The number of aryl methyl sites for hydroxylation is 1. The first kappa shape index (κ1) is 15.5. The molecule has 0 saturated carbocycles. The fourth-order valence-electron chi connectivity index (χ4n) is 2.79. The summed E-state index contributed by atoms with van der Waals surface area (Å²) in [6.07, 6.45) is 0. The molecule has 1 atom stereocenters. The number of amides is 2. The number of fused-ring (bicyclic) bond motifs is 1.